The Morgan fingerprint density at radius 2 is 1.75 bits per heavy atom. The fourth-order valence-electron chi connectivity index (χ4n) is 3.06. The molecule has 0 radical (unpaired) electrons. The Labute approximate surface area is 163 Å². The Morgan fingerprint density at radius 3 is 2.39 bits per heavy atom. The highest BCUT2D eigenvalue weighted by Crippen LogP contribution is 2.27. The van der Waals surface area contributed by atoms with Crippen molar-refractivity contribution >= 4 is 21.8 Å². The summed E-state index contributed by atoms with van der Waals surface area (Å²) < 4.78 is 44.9. The van der Waals surface area contributed by atoms with E-state index in [1.807, 2.05) is 6.92 Å². The normalized spacial score (nSPS) is 17.4. The van der Waals surface area contributed by atoms with Gasteiger partial charge in [-0.2, -0.15) is 4.31 Å². The Kier molecular flexibility index (Phi) is 5.90. The predicted molar refractivity (Wildman–Crippen MR) is 99.8 cm³/mol. The molecule has 28 heavy (non-hydrogen) atoms. The van der Waals surface area contributed by atoms with Crippen molar-refractivity contribution in [1.29, 1.82) is 0 Å². The van der Waals surface area contributed by atoms with Crippen LogP contribution in [0, 0.1) is 12.7 Å². The zero-order valence-corrected chi connectivity index (χ0v) is 16.1. The van der Waals surface area contributed by atoms with Gasteiger partial charge in [0.25, 0.3) is 0 Å². The number of sulfonamides is 1. The van der Waals surface area contributed by atoms with Crippen LogP contribution in [-0.4, -0.2) is 43.7 Å². The van der Waals surface area contributed by atoms with Gasteiger partial charge in [-0.15, -0.1) is 0 Å². The maximum absolute atomic E-state index is 12.9. The van der Waals surface area contributed by atoms with Crippen molar-refractivity contribution in [2.24, 2.45) is 0 Å². The van der Waals surface area contributed by atoms with E-state index in [2.05, 4.69) is 0 Å². The number of rotatable bonds is 6. The maximum atomic E-state index is 12.9. The van der Waals surface area contributed by atoms with Crippen LogP contribution < -0.4 is 0 Å². The molecule has 0 unspecified atom stereocenters. The van der Waals surface area contributed by atoms with E-state index in [-0.39, 0.29) is 17.0 Å². The second kappa shape index (κ2) is 8.20. The smallest absolute Gasteiger partial charge is 0.324 e. The summed E-state index contributed by atoms with van der Waals surface area (Å²) in [6.07, 6.45) is 0.853. The molecule has 148 valence electrons. The summed E-state index contributed by atoms with van der Waals surface area (Å²) in [6.45, 7) is 1.53. The molecule has 3 rings (SSSR count). The molecule has 1 heterocycles. The molecular formula is C20H20FNO5S. The quantitative estimate of drug-likeness (QED) is 0.545. The summed E-state index contributed by atoms with van der Waals surface area (Å²) in [4.78, 5) is 24.6. The van der Waals surface area contributed by atoms with Crippen LogP contribution in [0.1, 0.15) is 28.8 Å². The van der Waals surface area contributed by atoms with Gasteiger partial charge in [0.15, 0.2) is 12.4 Å². The Balaban J connectivity index is 1.68. The van der Waals surface area contributed by atoms with Gasteiger partial charge in [0.2, 0.25) is 10.0 Å². The number of aryl methyl sites for hydroxylation is 1. The minimum Gasteiger partial charge on any atom is -0.456 e. The van der Waals surface area contributed by atoms with E-state index < -0.39 is 40.2 Å². The van der Waals surface area contributed by atoms with Crippen LogP contribution in [-0.2, 0) is 19.6 Å². The summed E-state index contributed by atoms with van der Waals surface area (Å²) in [5, 5.41) is 0. The summed E-state index contributed by atoms with van der Waals surface area (Å²) in [7, 11) is -3.84. The van der Waals surface area contributed by atoms with Crippen molar-refractivity contribution < 1.29 is 27.1 Å². The summed E-state index contributed by atoms with van der Waals surface area (Å²) >= 11 is 0. The van der Waals surface area contributed by atoms with Gasteiger partial charge in [-0.25, -0.2) is 12.8 Å². The number of hydrogen-bond donors (Lipinski definition) is 0. The molecule has 6 nitrogen and oxygen atoms in total. The van der Waals surface area contributed by atoms with Gasteiger partial charge in [-0.05, 0) is 56.2 Å². The average molecular weight is 405 g/mol. The van der Waals surface area contributed by atoms with Crippen LogP contribution in [0.2, 0.25) is 0 Å². The zero-order valence-electron chi connectivity index (χ0n) is 15.3. The summed E-state index contributed by atoms with van der Waals surface area (Å²) in [5.41, 5.74) is 1.14. The van der Waals surface area contributed by atoms with Crippen LogP contribution >= 0.6 is 0 Å². The molecule has 2 aromatic carbocycles. The number of ether oxygens (including phenoxy) is 1. The number of nitrogens with zero attached hydrogens (tertiary/aromatic N) is 1. The SMILES string of the molecule is Cc1ccc(S(=O)(=O)N2CCC[C@@H]2C(=O)OCC(=O)c2ccc(F)cc2)cc1. The molecule has 0 aliphatic carbocycles. The van der Waals surface area contributed by atoms with Crippen LogP contribution in [0.3, 0.4) is 0 Å². The molecule has 0 amide bonds. The minimum atomic E-state index is -3.84. The van der Waals surface area contributed by atoms with Crippen molar-refractivity contribution in [2.75, 3.05) is 13.2 Å². The standard InChI is InChI=1S/C20H20FNO5S/c1-14-4-10-17(11-5-14)28(25,26)22-12-2-3-18(22)20(24)27-13-19(23)15-6-8-16(21)9-7-15/h4-11,18H,2-3,12-13H2,1H3/t18-/m1/s1. The molecule has 0 saturated carbocycles. The number of carbonyl (C=O) groups excluding carboxylic acids is 2. The third-order valence-corrected chi connectivity index (χ3v) is 6.54. The Bertz CT molecular complexity index is 971. The zero-order chi connectivity index (χ0) is 20.3. The van der Waals surface area contributed by atoms with Crippen LogP contribution in [0.5, 0.6) is 0 Å². The molecule has 0 aromatic heterocycles. The van der Waals surface area contributed by atoms with E-state index in [1.165, 1.54) is 24.3 Å². The lowest BCUT2D eigenvalue weighted by Crippen LogP contribution is -2.41. The van der Waals surface area contributed by atoms with Gasteiger partial charge in [0, 0.05) is 12.1 Å². The molecule has 1 fully saturated rings. The van der Waals surface area contributed by atoms with Gasteiger partial charge < -0.3 is 4.74 Å². The lowest BCUT2D eigenvalue weighted by Gasteiger charge is -2.22. The van der Waals surface area contributed by atoms with Crippen LogP contribution in [0.4, 0.5) is 4.39 Å². The van der Waals surface area contributed by atoms with Gasteiger partial charge in [0.1, 0.15) is 11.9 Å². The summed E-state index contributed by atoms with van der Waals surface area (Å²) in [5.74, 6) is -1.72. The molecular weight excluding hydrogens is 385 g/mol. The average Bonchev–Trinajstić information content (AvgIpc) is 3.17. The van der Waals surface area contributed by atoms with Crippen molar-refractivity contribution in [1.82, 2.24) is 4.31 Å². The molecule has 1 atom stereocenters. The lowest BCUT2D eigenvalue weighted by atomic mass is 10.1. The molecule has 0 bridgehead atoms. The van der Waals surface area contributed by atoms with E-state index >= 15 is 0 Å². The molecule has 1 aliphatic rings. The predicted octanol–water partition coefficient (Wildman–Crippen LogP) is 2.71. The molecule has 1 saturated heterocycles. The molecule has 1 aliphatic heterocycles. The minimum absolute atomic E-state index is 0.111. The second-order valence-electron chi connectivity index (χ2n) is 6.62. The van der Waals surface area contributed by atoms with Crippen molar-refractivity contribution in [2.45, 2.75) is 30.7 Å². The first-order chi connectivity index (χ1) is 13.3. The summed E-state index contributed by atoms with van der Waals surface area (Å²) in [6, 6.07) is 10.3. The van der Waals surface area contributed by atoms with Gasteiger partial charge in [-0.3, -0.25) is 9.59 Å². The lowest BCUT2D eigenvalue weighted by molar-refractivity contribution is -0.146. The van der Waals surface area contributed by atoms with Crippen molar-refractivity contribution in [3.05, 3.63) is 65.5 Å². The topological polar surface area (TPSA) is 80.8 Å². The second-order valence-corrected chi connectivity index (χ2v) is 8.52. The molecule has 8 heteroatoms. The number of hydrogen-bond acceptors (Lipinski definition) is 5. The fraction of sp³-hybridized carbons (Fsp3) is 0.300. The van der Waals surface area contributed by atoms with Crippen LogP contribution in [0.25, 0.3) is 0 Å². The van der Waals surface area contributed by atoms with Gasteiger partial charge >= 0.3 is 5.97 Å². The highest BCUT2D eigenvalue weighted by molar-refractivity contribution is 7.89. The Morgan fingerprint density at radius 1 is 1.11 bits per heavy atom. The number of Topliss-reactive ketones (excluding diaryl/α,β-unsaturated/α-hetero) is 1. The van der Waals surface area contributed by atoms with E-state index in [0.717, 1.165) is 22.0 Å². The van der Waals surface area contributed by atoms with E-state index in [9.17, 15) is 22.4 Å². The van der Waals surface area contributed by atoms with E-state index in [4.69, 9.17) is 4.74 Å². The third kappa shape index (κ3) is 4.28. The van der Waals surface area contributed by atoms with E-state index in [1.54, 1.807) is 12.1 Å². The Hall–Kier alpha value is -2.58. The number of esters is 1. The van der Waals surface area contributed by atoms with Crippen molar-refractivity contribution in [3.63, 3.8) is 0 Å². The van der Waals surface area contributed by atoms with Gasteiger partial charge in [0.05, 0.1) is 4.90 Å². The maximum Gasteiger partial charge on any atom is 0.324 e. The van der Waals surface area contributed by atoms with E-state index in [0.29, 0.717) is 12.8 Å². The highest BCUT2D eigenvalue weighted by Gasteiger charge is 2.40. The first-order valence-corrected chi connectivity index (χ1v) is 10.3. The monoisotopic (exact) mass is 405 g/mol. The molecule has 2 aromatic rings. The largest absolute Gasteiger partial charge is 0.456 e. The van der Waals surface area contributed by atoms with Gasteiger partial charge in [-0.1, -0.05) is 17.7 Å². The number of ketones is 1. The third-order valence-electron chi connectivity index (χ3n) is 4.62. The molecule has 0 spiro atoms. The van der Waals surface area contributed by atoms with Crippen molar-refractivity contribution in [3.8, 4) is 0 Å². The molecule has 0 N–H and O–H groups in total. The number of halogens is 1. The first kappa shape index (κ1) is 20.2. The highest BCUT2D eigenvalue weighted by atomic mass is 32.2. The number of carbonyl (C=O) groups is 2. The van der Waals surface area contributed by atoms with Crippen LogP contribution in [0.15, 0.2) is 53.4 Å². The number of benzene rings is 2. The fourth-order valence-corrected chi connectivity index (χ4v) is 4.71. The first-order valence-electron chi connectivity index (χ1n) is 8.83.